The summed E-state index contributed by atoms with van der Waals surface area (Å²) in [5, 5.41) is 2.30. The van der Waals surface area contributed by atoms with Crippen molar-refractivity contribution in [1.82, 2.24) is 14.7 Å². The van der Waals surface area contributed by atoms with Crippen molar-refractivity contribution in [3.8, 4) is 5.75 Å². The number of nitrogens with one attached hydrogen (secondary N) is 2. The Labute approximate surface area is 134 Å². The zero-order valence-corrected chi connectivity index (χ0v) is 13.6. The molecule has 1 aromatic heterocycles. The molecule has 0 bridgehead atoms. The molecule has 2 rings (SSSR count). The van der Waals surface area contributed by atoms with Gasteiger partial charge in [-0.2, -0.15) is 0 Å². The molecule has 8 nitrogen and oxygen atoms in total. The summed E-state index contributed by atoms with van der Waals surface area (Å²) in [4.78, 5) is 19.8. The van der Waals surface area contributed by atoms with Crippen molar-refractivity contribution in [1.29, 1.82) is 0 Å². The van der Waals surface area contributed by atoms with Crippen molar-refractivity contribution < 1.29 is 17.9 Å². The van der Waals surface area contributed by atoms with Crippen LogP contribution in [0.1, 0.15) is 11.4 Å². The number of anilines is 1. The molecular weight excluding hydrogens is 320 g/mol. The van der Waals surface area contributed by atoms with E-state index in [0.29, 0.717) is 17.1 Å². The smallest absolute Gasteiger partial charge is 0.335 e. The van der Waals surface area contributed by atoms with E-state index in [0.717, 1.165) is 0 Å². The lowest BCUT2D eigenvalue weighted by atomic mass is 10.3. The molecule has 1 aromatic carbocycles. The zero-order chi connectivity index (χ0) is 17.0. The fourth-order valence-corrected chi connectivity index (χ4v) is 2.75. The molecule has 0 unspecified atom stereocenters. The van der Waals surface area contributed by atoms with E-state index in [1.165, 1.54) is 31.4 Å². The second-order valence-corrected chi connectivity index (χ2v) is 6.39. The molecule has 0 fully saturated rings. The quantitative estimate of drug-likeness (QED) is 0.877. The molecule has 0 saturated carbocycles. The van der Waals surface area contributed by atoms with Gasteiger partial charge in [-0.25, -0.2) is 27.9 Å². The predicted octanol–water partition coefficient (Wildman–Crippen LogP) is 1.61. The minimum Gasteiger partial charge on any atom is -0.497 e. The molecule has 9 heteroatoms. The maximum atomic E-state index is 12.1. The second kappa shape index (κ2) is 6.61. The van der Waals surface area contributed by atoms with Crippen LogP contribution in [0.3, 0.4) is 0 Å². The Hall–Kier alpha value is -2.68. The first-order valence-corrected chi connectivity index (χ1v) is 8.08. The number of hydrogen-bond donors (Lipinski definition) is 2. The van der Waals surface area contributed by atoms with Crippen molar-refractivity contribution in [2.24, 2.45) is 0 Å². The third-order valence-electron chi connectivity index (χ3n) is 2.80. The monoisotopic (exact) mass is 336 g/mol. The molecular formula is C14H16N4O4S. The maximum absolute atomic E-state index is 12.1. The normalized spacial score (nSPS) is 10.9. The van der Waals surface area contributed by atoms with Gasteiger partial charge >= 0.3 is 6.03 Å². The number of rotatable bonds is 4. The molecule has 0 aliphatic carbocycles. The van der Waals surface area contributed by atoms with Crippen molar-refractivity contribution in [3.05, 3.63) is 41.7 Å². The van der Waals surface area contributed by atoms with E-state index in [1.807, 2.05) is 4.72 Å². The molecule has 0 radical (unpaired) electrons. The summed E-state index contributed by atoms with van der Waals surface area (Å²) in [5.41, 5.74) is 1.32. The third kappa shape index (κ3) is 4.39. The Balaban J connectivity index is 2.11. The summed E-state index contributed by atoms with van der Waals surface area (Å²) in [5.74, 6) is 0.543. The average Bonchev–Trinajstić information content (AvgIpc) is 2.45. The second-order valence-electron chi connectivity index (χ2n) is 4.71. The maximum Gasteiger partial charge on any atom is 0.335 e. The lowest BCUT2D eigenvalue weighted by molar-refractivity contribution is 0.256. The molecule has 1 heterocycles. The number of ether oxygens (including phenoxy) is 1. The van der Waals surface area contributed by atoms with Crippen LogP contribution in [0.25, 0.3) is 0 Å². The van der Waals surface area contributed by atoms with Crippen LogP contribution in [0.4, 0.5) is 10.7 Å². The standard InChI is InChI=1S/C14H16N4O4S/c1-9-8-10(2)16-13(15-9)17-14(19)18-23(20,21)12-6-4-11(22-3)5-7-12/h4-8H,1-3H3,(H2,15,16,17,18,19). The minimum atomic E-state index is -4.00. The first-order valence-electron chi connectivity index (χ1n) is 6.60. The number of urea groups is 1. The van der Waals surface area contributed by atoms with Crippen molar-refractivity contribution in [2.45, 2.75) is 18.7 Å². The molecule has 122 valence electrons. The largest absolute Gasteiger partial charge is 0.497 e. The summed E-state index contributed by atoms with van der Waals surface area (Å²) < 4.78 is 31.1. The van der Waals surface area contributed by atoms with E-state index >= 15 is 0 Å². The Kier molecular flexibility index (Phi) is 4.80. The fourth-order valence-electron chi connectivity index (χ4n) is 1.84. The lowest BCUT2D eigenvalue weighted by Crippen LogP contribution is -2.34. The van der Waals surface area contributed by atoms with E-state index in [-0.39, 0.29) is 10.8 Å². The number of carbonyl (C=O) groups excluding carboxylic acids is 1. The van der Waals surface area contributed by atoms with Gasteiger partial charge in [0.1, 0.15) is 5.75 Å². The highest BCUT2D eigenvalue weighted by Gasteiger charge is 2.18. The number of amides is 2. The number of benzene rings is 1. The molecule has 23 heavy (non-hydrogen) atoms. The lowest BCUT2D eigenvalue weighted by Gasteiger charge is -2.09. The zero-order valence-electron chi connectivity index (χ0n) is 12.8. The van der Waals surface area contributed by atoms with Gasteiger partial charge in [-0.15, -0.1) is 0 Å². The SMILES string of the molecule is COc1ccc(S(=O)(=O)NC(=O)Nc2nc(C)cc(C)n2)cc1. The summed E-state index contributed by atoms with van der Waals surface area (Å²) in [6.45, 7) is 3.48. The molecule has 0 aliphatic heterocycles. The summed E-state index contributed by atoms with van der Waals surface area (Å²) in [6, 6.07) is 6.44. The molecule has 2 aromatic rings. The van der Waals surface area contributed by atoms with Crippen molar-refractivity contribution >= 4 is 22.0 Å². The number of carbonyl (C=O) groups is 1. The van der Waals surface area contributed by atoms with E-state index in [9.17, 15) is 13.2 Å². The molecule has 0 atom stereocenters. The molecule has 0 saturated heterocycles. The summed E-state index contributed by atoms with van der Waals surface area (Å²) in [7, 11) is -2.53. The highest BCUT2D eigenvalue weighted by molar-refractivity contribution is 7.90. The van der Waals surface area contributed by atoms with Crippen LogP contribution in [0.5, 0.6) is 5.75 Å². The van der Waals surface area contributed by atoms with Gasteiger partial charge in [0.05, 0.1) is 12.0 Å². The minimum absolute atomic E-state index is 0.0323. The van der Waals surface area contributed by atoms with Gasteiger partial charge in [-0.1, -0.05) is 0 Å². The van der Waals surface area contributed by atoms with Gasteiger partial charge < -0.3 is 4.74 Å². The fraction of sp³-hybridized carbons (Fsp3) is 0.214. The van der Waals surface area contributed by atoms with Gasteiger partial charge in [0.25, 0.3) is 10.0 Å². The Bertz CT molecular complexity index is 799. The third-order valence-corrected chi connectivity index (χ3v) is 4.15. The number of aryl methyl sites for hydroxylation is 2. The highest BCUT2D eigenvalue weighted by atomic mass is 32.2. The van der Waals surface area contributed by atoms with Crippen LogP contribution in [0.15, 0.2) is 35.2 Å². The van der Waals surface area contributed by atoms with E-state index in [1.54, 1.807) is 19.9 Å². The van der Waals surface area contributed by atoms with Crippen molar-refractivity contribution in [2.75, 3.05) is 12.4 Å². The average molecular weight is 336 g/mol. The number of sulfonamides is 1. The van der Waals surface area contributed by atoms with E-state index in [4.69, 9.17) is 4.74 Å². The Morgan fingerprint density at radius 3 is 2.17 bits per heavy atom. The van der Waals surface area contributed by atoms with E-state index < -0.39 is 16.1 Å². The Morgan fingerprint density at radius 1 is 1.09 bits per heavy atom. The van der Waals surface area contributed by atoms with Crippen LogP contribution in [-0.4, -0.2) is 31.5 Å². The number of methoxy groups -OCH3 is 1. The molecule has 0 aliphatic rings. The highest BCUT2D eigenvalue weighted by Crippen LogP contribution is 2.15. The number of hydrogen-bond acceptors (Lipinski definition) is 6. The van der Waals surface area contributed by atoms with Gasteiger partial charge in [0.15, 0.2) is 0 Å². The van der Waals surface area contributed by atoms with E-state index in [2.05, 4.69) is 15.3 Å². The van der Waals surface area contributed by atoms with Crippen molar-refractivity contribution in [3.63, 3.8) is 0 Å². The van der Waals surface area contributed by atoms with Gasteiger partial charge in [0, 0.05) is 11.4 Å². The summed E-state index contributed by atoms with van der Waals surface area (Å²) >= 11 is 0. The van der Waals surface area contributed by atoms with Gasteiger partial charge in [-0.3, -0.25) is 5.32 Å². The number of aromatic nitrogens is 2. The number of nitrogens with zero attached hydrogens (tertiary/aromatic N) is 2. The summed E-state index contributed by atoms with van der Waals surface area (Å²) in [6.07, 6.45) is 0. The van der Waals surface area contributed by atoms with Gasteiger partial charge in [-0.05, 0) is 44.2 Å². The molecule has 0 spiro atoms. The topological polar surface area (TPSA) is 110 Å². The first-order chi connectivity index (χ1) is 10.8. The van der Waals surface area contributed by atoms with Crippen LogP contribution < -0.4 is 14.8 Å². The molecule has 2 amide bonds. The molecule has 2 N–H and O–H groups in total. The predicted molar refractivity (Wildman–Crippen MR) is 83.8 cm³/mol. The van der Waals surface area contributed by atoms with Crippen LogP contribution in [0, 0.1) is 13.8 Å². The van der Waals surface area contributed by atoms with Crippen LogP contribution in [0.2, 0.25) is 0 Å². The Morgan fingerprint density at radius 2 is 1.65 bits per heavy atom. The van der Waals surface area contributed by atoms with Crippen LogP contribution >= 0.6 is 0 Å². The first kappa shape index (κ1) is 16.7. The van der Waals surface area contributed by atoms with Gasteiger partial charge in [0.2, 0.25) is 5.95 Å². The van der Waals surface area contributed by atoms with Crippen LogP contribution in [-0.2, 0) is 10.0 Å².